The molecule has 1 atom stereocenters. The van der Waals surface area contributed by atoms with Crippen LogP contribution in [0, 0.1) is 5.92 Å². The molecule has 0 aliphatic carbocycles. The molecule has 0 amide bonds. The van der Waals surface area contributed by atoms with E-state index in [0.29, 0.717) is 6.54 Å². The molecule has 0 saturated carbocycles. The predicted octanol–water partition coefficient (Wildman–Crippen LogP) is -3.27. The van der Waals surface area contributed by atoms with E-state index < -0.39 is 10.1 Å². The van der Waals surface area contributed by atoms with Crippen molar-refractivity contribution < 1.29 is 42.5 Å². The van der Waals surface area contributed by atoms with Crippen molar-refractivity contribution >= 4 is 10.1 Å². The average molecular weight is 203 g/mol. The van der Waals surface area contributed by atoms with Gasteiger partial charge in [0.2, 0.25) is 0 Å². The van der Waals surface area contributed by atoms with Crippen molar-refractivity contribution in [3.63, 3.8) is 0 Å². The van der Waals surface area contributed by atoms with E-state index in [1.165, 1.54) is 0 Å². The first kappa shape index (κ1) is 15.3. The fourth-order valence-electron chi connectivity index (χ4n) is 1.02. The second-order valence-electron chi connectivity index (χ2n) is 3.09. The van der Waals surface area contributed by atoms with Gasteiger partial charge in [0.05, 0.1) is 10.1 Å². The molecule has 0 spiro atoms. The Morgan fingerprint density at radius 1 is 1.42 bits per heavy atom. The normalized spacial score (nSPS) is 14.1. The molecule has 0 saturated heterocycles. The van der Waals surface area contributed by atoms with Crippen LogP contribution < -0.4 is 29.6 Å². The molecular weight excluding hydrogens is 189 g/mol. The minimum atomic E-state index is -4.05. The molecule has 12 heavy (non-hydrogen) atoms. The smallest absolute Gasteiger partial charge is 0.748 e. The second kappa shape index (κ2) is 6.34. The van der Waals surface area contributed by atoms with Crippen LogP contribution in [0.1, 0.15) is 6.92 Å². The van der Waals surface area contributed by atoms with Gasteiger partial charge in [-0.3, -0.25) is 0 Å². The molecule has 0 aliphatic rings. The molecule has 0 aromatic rings. The average Bonchev–Trinajstić information content (AvgIpc) is 1.53. The molecule has 6 heteroatoms. The van der Waals surface area contributed by atoms with Crippen LogP contribution in [0.5, 0.6) is 0 Å². The summed E-state index contributed by atoms with van der Waals surface area (Å²) in [5, 5.41) is 0. The number of nitrogens with zero attached hydrogens (tertiary/aromatic N) is 1. The fraction of sp³-hybridized carbons (Fsp3) is 1.00. The zero-order valence-corrected chi connectivity index (χ0v) is 10.9. The van der Waals surface area contributed by atoms with Crippen LogP contribution in [-0.2, 0) is 10.1 Å². The van der Waals surface area contributed by atoms with Gasteiger partial charge in [-0.05, 0) is 20.0 Å². The molecule has 0 radical (unpaired) electrons. The Kier molecular flexibility index (Phi) is 8.11. The topological polar surface area (TPSA) is 60.4 Å². The van der Waals surface area contributed by atoms with Crippen LogP contribution in [0.4, 0.5) is 0 Å². The predicted molar refractivity (Wildman–Crippen MR) is 42.3 cm³/mol. The Morgan fingerprint density at radius 2 is 1.83 bits per heavy atom. The molecule has 1 unspecified atom stereocenters. The minimum absolute atomic E-state index is 0. The summed E-state index contributed by atoms with van der Waals surface area (Å²) in [5.74, 6) is -0.363. The zero-order valence-electron chi connectivity index (χ0n) is 8.07. The van der Waals surface area contributed by atoms with Gasteiger partial charge in [-0.2, -0.15) is 0 Å². The van der Waals surface area contributed by atoms with E-state index in [4.69, 9.17) is 0 Å². The van der Waals surface area contributed by atoms with E-state index >= 15 is 0 Å². The Bertz CT molecular complexity index is 203. The van der Waals surface area contributed by atoms with E-state index in [2.05, 4.69) is 0 Å². The Hall–Kier alpha value is 0.870. The maximum atomic E-state index is 10.2. The van der Waals surface area contributed by atoms with E-state index in [0.717, 1.165) is 0 Å². The van der Waals surface area contributed by atoms with E-state index in [-0.39, 0.29) is 41.2 Å². The summed E-state index contributed by atoms with van der Waals surface area (Å²) in [6.07, 6.45) is 0. The van der Waals surface area contributed by atoms with E-state index in [1.54, 1.807) is 6.92 Å². The molecule has 0 aromatic carbocycles. The van der Waals surface area contributed by atoms with Gasteiger partial charge in [0.25, 0.3) is 0 Å². The molecule has 0 bridgehead atoms. The van der Waals surface area contributed by atoms with Crippen LogP contribution in [0.3, 0.4) is 0 Å². The van der Waals surface area contributed by atoms with Crippen molar-refractivity contribution in [3.8, 4) is 0 Å². The van der Waals surface area contributed by atoms with Gasteiger partial charge in [0.15, 0.2) is 0 Å². The fourth-order valence-corrected chi connectivity index (χ4v) is 1.83. The summed E-state index contributed by atoms with van der Waals surface area (Å²) in [7, 11) is -0.363. The van der Waals surface area contributed by atoms with Crippen molar-refractivity contribution in [1.29, 1.82) is 0 Å². The molecule has 0 aromatic heterocycles. The van der Waals surface area contributed by atoms with Gasteiger partial charge in [-0.15, -0.1) is 0 Å². The van der Waals surface area contributed by atoms with Gasteiger partial charge in [-0.1, -0.05) is 6.92 Å². The van der Waals surface area contributed by atoms with Crippen molar-refractivity contribution in [1.82, 2.24) is 4.90 Å². The third-order valence-electron chi connectivity index (χ3n) is 1.17. The summed E-state index contributed by atoms with van der Waals surface area (Å²) >= 11 is 0. The van der Waals surface area contributed by atoms with Gasteiger partial charge in [-0.25, -0.2) is 8.42 Å². The second-order valence-corrected chi connectivity index (χ2v) is 4.54. The molecule has 0 heterocycles. The molecule has 4 nitrogen and oxygen atoms in total. The first-order valence-electron chi connectivity index (χ1n) is 3.39. The van der Waals surface area contributed by atoms with Crippen LogP contribution in [-0.4, -0.2) is 44.3 Å². The summed E-state index contributed by atoms with van der Waals surface area (Å²) in [6.45, 7) is 2.37. The minimum Gasteiger partial charge on any atom is -0.748 e. The molecular formula is C6H14NNaO3S. The summed E-state index contributed by atoms with van der Waals surface area (Å²) < 4.78 is 30.7. The van der Waals surface area contributed by atoms with Crippen molar-refractivity contribution in [2.45, 2.75) is 6.92 Å². The van der Waals surface area contributed by atoms with Crippen LogP contribution in [0.25, 0.3) is 0 Å². The third kappa shape index (κ3) is 10.9. The monoisotopic (exact) mass is 203 g/mol. The Labute approximate surface area is 96.4 Å². The summed E-state index contributed by atoms with van der Waals surface area (Å²) in [5.41, 5.74) is 0. The van der Waals surface area contributed by atoms with Crippen LogP contribution in [0.2, 0.25) is 0 Å². The van der Waals surface area contributed by atoms with Crippen LogP contribution in [0.15, 0.2) is 0 Å². The Morgan fingerprint density at radius 3 is 2.08 bits per heavy atom. The third-order valence-corrected chi connectivity index (χ3v) is 2.14. The quantitative estimate of drug-likeness (QED) is 0.355. The maximum absolute atomic E-state index is 10.2. The van der Waals surface area contributed by atoms with Crippen LogP contribution >= 0.6 is 0 Å². The summed E-state index contributed by atoms with van der Waals surface area (Å²) in [4.78, 5) is 1.86. The first-order chi connectivity index (χ1) is 4.81. The number of rotatable bonds is 4. The van der Waals surface area contributed by atoms with Gasteiger partial charge in [0, 0.05) is 12.3 Å². The van der Waals surface area contributed by atoms with Crippen molar-refractivity contribution in [2.75, 3.05) is 26.4 Å². The summed E-state index contributed by atoms with van der Waals surface area (Å²) in [6, 6.07) is 0. The SMILES string of the molecule is CC(CN(C)C)CS(=O)(=O)[O-].[Na+]. The largest absolute Gasteiger partial charge is 1.00 e. The zero-order chi connectivity index (χ0) is 9.07. The van der Waals surface area contributed by atoms with Gasteiger partial charge in [0.1, 0.15) is 0 Å². The van der Waals surface area contributed by atoms with Crippen molar-refractivity contribution in [2.24, 2.45) is 5.92 Å². The van der Waals surface area contributed by atoms with Gasteiger partial charge < -0.3 is 9.45 Å². The Balaban J connectivity index is 0. The molecule has 68 valence electrons. The number of hydrogen-bond acceptors (Lipinski definition) is 4. The molecule has 0 aliphatic heterocycles. The number of hydrogen-bond donors (Lipinski definition) is 0. The molecule has 0 rings (SSSR count). The van der Waals surface area contributed by atoms with Crippen molar-refractivity contribution in [3.05, 3.63) is 0 Å². The molecule has 0 N–H and O–H groups in total. The maximum Gasteiger partial charge on any atom is 1.00 e. The standard InChI is InChI=1S/C6H15NO3S.Na/c1-6(4-7(2)3)5-11(8,9)10;/h6H,4-5H2,1-3H3,(H,8,9,10);/q;+1/p-1. The van der Waals surface area contributed by atoms with Gasteiger partial charge >= 0.3 is 29.6 Å². The first-order valence-corrected chi connectivity index (χ1v) is 4.97. The molecule has 0 fully saturated rings. The van der Waals surface area contributed by atoms with E-state index in [1.807, 2.05) is 19.0 Å². The van der Waals surface area contributed by atoms with E-state index in [9.17, 15) is 13.0 Å².